The molecule has 0 aliphatic carbocycles. The Kier molecular flexibility index (Phi) is 5.06. The number of hydrogen-bond acceptors (Lipinski definition) is 4. The Bertz CT molecular complexity index is 805. The van der Waals surface area contributed by atoms with E-state index in [2.05, 4.69) is 5.10 Å². The van der Waals surface area contributed by atoms with Crippen LogP contribution in [-0.4, -0.2) is 50.4 Å². The second-order valence-corrected chi connectivity index (χ2v) is 6.32. The van der Waals surface area contributed by atoms with Gasteiger partial charge in [0, 0.05) is 50.8 Å². The Hall–Kier alpha value is -3.09. The maximum atomic E-state index is 12.3. The highest BCUT2D eigenvalue weighted by atomic mass is 16.5. The van der Waals surface area contributed by atoms with Crippen LogP contribution in [0.25, 0.3) is 6.08 Å². The van der Waals surface area contributed by atoms with E-state index in [-0.39, 0.29) is 18.7 Å². The molecule has 7 nitrogen and oxygen atoms in total. The molecule has 2 heterocycles. The molecule has 0 bridgehead atoms. The number of likely N-dealkylation sites (tertiary alicyclic amines) is 1. The minimum Gasteiger partial charge on any atom is -0.478 e. The number of aromatic nitrogens is 2. The number of aryl methyl sites for hydroxylation is 1. The minimum absolute atomic E-state index is 0.146. The number of piperidine rings is 1. The fraction of sp³-hybridized carbons (Fsp3) is 0.316. The maximum absolute atomic E-state index is 12.3. The first-order valence-electron chi connectivity index (χ1n) is 8.42. The van der Waals surface area contributed by atoms with E-state index in [9.17, 15) is 14.7 Å². The molecule has 0 saturated carbocycles. The topological polar surface area (TPSA) is 84.7 Å². The van der Waals surface area contributed by atoms with Gasteiger partial charge in [-0.1, -0.05) is 18.2 Å². The molecule has 26 heavy (non-hydrogen) atoms. The van der Waals surface area contributed by atoms with Gasteiger partial charge >= 0.3 is 5.97 Å². The van der Waals surface area contributed by atoms with Crippen LogP contribution in [0, 0.1) is 0 Å². The average Bonchev–Trinajstić information content (AvgIpc) is 3.06. The molecule has 1 aromatic heterocycles. The summed E-state index contributed by atoms with van der Waals surface area (Å²) in [5, 5.41) is 13.7. The van der Waals surface area contributed by atoms with Crippen molar-refractivity contribution in [3.05, 3.63) is 54.4 Å². The highest BCUT2D eigenvalue weighted by molar-refractivity contribution is 5.92. The highest BCUT2D eigenvalue weighted by Gasteiger charge is 2.44. The summed E-state index contributed by atoms with van der Waals surface area (Å²) >= 11 is 0. The molecule has 1 aromatic carbocycles. The molecule has 0 atom stereocenters. The standard InChI is InChI=1S/C19H21N3O4/c1-21-14-15(13-20-21)7-8-17(23)22-11-9-19(10-12-22,18(24)25)26-16-5-3-2-4-6-16/h2-8,13-14H,9-12H2,1H3,(H,24,25). The van der Waals surface area contributed by atoms with Crippen molar-refractivity contribution in [1.29, 1.82) is 0 Å². The van der Waals surface area contributed by atoms with Crippen LogP contribution in [0.1, 0.15) is 18.4 Å². The van der Waals surface area contributed by atoms with Crippen molar-refractivity contribution in [2.75, 3.05) is 13.1 Å². The zero-order valence-electron chi connectivity index (χ0n) is 14.5. The Morgan fingerprint density at radius 1 is 1.23 bits per heavy atom. The predicted molar refractivity (Wildman–Crippen MR) is 95.5 cm³/mol. The molecule has 1 aliphatic heterocycles. The number of carbonyl (C=O) groups is 2. The number of aliphatic carboxylic acids is 1. The Labute approximate surface area is 151 Å². The number of hydrogen-bond donors (Lipinski definition) is 1. The summed E-state index contributed by atoms with van der Waals surface area (Å²) in [6, 6.07) is 8.91. The van der Waals surface area contributed by atoms with Gasteiger partial charge < -0.3 is 14.7 Å². The van der Waals surface area contributed by atoms with E-state index in [1.54, 1.807) is 46.1 Å². The van der Waals surface area contributed by atoms with Gasteiger partial charge in [0.1, 0.15) is 5.75 Å². The summed E-state index contributed by atoms with van der Waals surface area (Å²) in [4.78, 5) is 25.8. The van der Waals surface area contributed by atoms with E-state index in [4.69, 9.17) is 4.74 Å². The zero-order valence-corrected chi connectivity index (χ0v) is 14.5. The van der Waals surface area contributed by atoms with E-state index in [0.717, 1.165) is 5.56 Å². The van der Waals surface area contributed by atoms with Crippen molar-refractivity contribution >= 4 is 18.0 Å². The molecule has 0 unspecified atom stereocenters. The summed E-state index contributed by atoms with van der Waals surface area (Å²) in [7, 11) is 1.81. The maximum Gasteiger partial charge on any atom is 0.348 e. The molecule has 0 radical (unpaired) electrons. The van der Waals surface area contributed by atoms with Crippen LogP contribution in [0.4, 0.5) is 0 Å². The number of para-hydroxylation sites is 1. The van der Waals surface area contributed by atoms with Gasteiger partial charge in [-0.3, -0.25) is 9.48 Å². The lowest BCUT2D eigenvalue weighted by molar-refractivity contribution is -0.161. The van der Waals surface area contributed by atoms with E-state index < -0.39 is 11.6 Å². The summed E-state index contributed by atoms with van der Waals surface area (Å²) < 4.78 is 7.46. The first kappa shape index (κ1) is 17.7. The summed E-state index contributed by atoms with van der Waals surface area (Å²) in [5.41, 5.74) is -0.462. The van der Waals surface area contributed by atoms with E-state index in [0.29, 0.717) is 18.8 Å². The van der Waals surface area contributed by atoms with Crippen LogP contribution in [-0.2, 0) is 16.6 Å². The van der Waals surface area contributed by atoms with Crippen molar-refractivity contribution in [3.63, 3.8) is 0 Å². The number of carboxylic acid groups (broad SMARTS) is 1. The second kappa shape index (κ2) is 7.43. The van der Waals surface area contributed by atoms with Crippen LogP contribution in [0.3, 0.4) is 0 Å². The Balaban J connectivity index is 1.63. The lowest BCUT2D eigenvalue weighted by Gasteiger charge is -2.38. The van der Waals surface area contributed by atoms with Crippen molar-refractivity contribution in [1.82, 2.24) is 14.7 Å². The summed E-state index contributed by atoms with van der Waals surface area (Å²) in [6.45, 7) is 0.657. The Morgan fingerprint density at radius 3 is 2.50 bits per heavy atom. The first-order valence-corrected chi connectivity index (χ1v) is 8.42. The third kappa shape index (κ3) is 3.93. The van der Waals surface area contributed by atoms with Gasteiger partial charge in [0.2, 0.25) is 11.5 Å². The van der Waals surface area contributed by atoms with Gasteiger partial charge in [0.25, 0.3) is 0 Å². The SMILES string of the molecule is Cn1cc(C=CC(=O)N2CCC(Oc3ccccc3)(C(=O)O)CC2)cn1. The summed E-state index contributed by atoms with van der Waals surface area (Å²) in [5.74, 6) is -0.627. The molecule has 7 heteroatoms. The van der Waals surface area contributed by atoms with Crippen LogP contribution in [0.5, 0.6) is 5.75 Å². The number of carboxylic acids is 1. The fourth-order valence-electron chi connectivity index (χ4n) is 2.96. The van der Waals surface area contributed by atoms with E-state index >= 15 is 0 Å². The zero-order chi connectivity index (χ0) is 18.6. The highest BCUT2D eigenvalue weighted by Crippen LogP contribution is 2.29. The number of carbonyl (C=O) groups excluding carboxylic acids is 1. The van der Waals surface area contributed by atoms with Gasteiger partial charge in [-0.15, -0.1) is 0 Å². The van der Waals surface area contributed by atoms with Crippen LogP contribution in [0.15, 0.2) is 48.8 Å². The summed E-state index contributed by atoms with van der Waals surface area (Å²) in [6.07, 6.45) is 7.15. The number of ether oxygens (including phenoxy) is 1. The quantitative estimate of drug-likeness (QED) is 0.829. The van der Waals surface area contributed by atoms with Crippen LogP contribution < -0.4 is 4.74 Å². The molecule has 1 amide bonds. The predicted octanol–water partition coefficient (Wildman–Crippen LogP) is 1.96. The van der Waals surface area contributed by atoms with E-state index in [1.807, 2.05) is 19.3 Å². The fourth-order valence-corrected chi connectivity index (χ4v) is 2.96. The van der Waals surface area contributed by atoms with Crippen molar-refractivity contribution in [2.24, 2.45) is 7.05 Å². The minimum atomic E-state index is -1.30. The molecule has 2 aromatic rings. The van der Waals surface area contributed by atoms with Gasteiger partial charge in [0.05, 0.1) is 6.20 Å². The molecule has 1 aliphatic rings. The first-order chi connectivity index (χ1) is 12.5. The van der Waals surface area contributed by atoms with Crippen molar-refractivity contribution in [3.8, 4) is 5.75 Å². The number of rotatable bonds is 5. The smallest absolute Gasteiger partial charge is 0.348 e. The van der Waals surface area contributed by atoms with Crippen LogP contribution >= 0.6 is 0 Å². The molecular formula is C19H21N3O4. The monoisotopic (exact) mass is 355 g/mol. The average molecular weight is 355 g/mol. The van der Waals surface area contributed by atoms with Gasteiger partial charge in [0.15, 0.2) is 0 Å². The molecule has 136 valence electrons. The van der Waals surface area contributed by atoms with Crippen LogP contribution in [0.2, 0.25) is 0 Å². The van der Waals surface area contributed by atoms with Gasteiger partial charge in [-0.25, -0.2) is 4.79 Å². The number of amides is 1. The molecule has 1 saturated heterocycles. The lowest BCUT2D eigenvalue weighted by Crippen LogP contribution is -2.54. The lowest BCUT2D eigenvalue weighted by atomic mass is 9.91. The molecular weight excluding hydrogens is 334 g/mol. The van der Waals surface area contributed by atoms with Gasteiger partial charge in [-0.2, -0.15) is 5.10 Å². The largest absolute Gasteiger partial charge is 0.478 e. The molecule has 1 N–H and O–H groups in total. The molecule has 3 rings (SSSR count). The van der Waals surface area contributed by atoms with E-state index in [1.165, 1.54) is 6.08 Å². The third-order valence-corrected chi connectivity index (χ3v) is 4.47. The molecule has 0 spiro atoms. The normalized spacial score (nSPS) is 16.6. The third-order valence-electron chi connectivity index (χ3n) is 4.47. The van der Waals surface area contributed by atoms with Crippen molar-refractivity contribution < 1.29 is 19.4 Å². The second-order valence-electron chi connectivity index (χ2n) is 6.32. The molecule has 1 fully saturated rings. The number of benzene rings is 1. The number of nitrogens with zero attached hydrogens (tertiary/aromatic N) is 3. The van der Waals surface area contributed by atoms with Crippen molar-refractivity contribution in [2.45, 2.75) is 18.4 Å². The Morgan fingerprint density at radius 2 is 1.92 bits per heavy atom. The van der Waals surface area contributed by atoms with Gasteiger partial charge in [-0.05, 0) is 18.2 Å².